The van der Waals surface area contributed by atoms with Crippen LogP contribution in [-0.2, 0) is 6.42 Å². The van der Waals surface area contributed by atoms with E-state index in [1.807, 2.05) is 18.2 Å². The van der Waals surface area contributed by atoms with Gasteiger partial charge in [-0.2, -0.15) is 0 Å². The van der Waals surface area contributed by atoms with E-state index in [4.69, 9.17) is 9.47 Å². The average molecular weight is 255 g/mol. The summed E-state index contributed by atoms with van der Waals surface area (Å²) in [6.07, 6.45) is 3.14. The zero-order chi connectivity index (χ0) is 13.1. The van der Waals surface area contributed by atoms with E-state index in [9.17, 15) is 4.79 Å². The van der Waals surface area contributed by atoms with Gasteiger partial charge in [-0.25, -0.2) is 4.98 Å². The lowest BCUT2D eigenvalue weighted by atomic mass is 10.1. The molecule has 3 rings (SSSR count). The molecular formula is C15H13NO3. The van der Waals surface area contributed by atoms with Gasteiger partial charge in [-0.1, -0.05) is 18.2 Å². The van der Waals surface area contributed by atoms with Gasteiger partial charge in [0.1, 0.15) is 29.9 Å². The molecular weight excluding hydrogens is 242 g/mol. The van der Waals surface area contributed by atoms with Gasteiger partial charge in [0.05, 0.1) is 6.20 Å². The number of hydrogen-bond donors (Lipinski definition) is 0. The van der Waals surface area contributed by atoms with Crippen LogP contribution in [0.1, 0.15) is 16.1 Å². The van der Waals surface area contributed by atoms with Gasteiger partial charge in [0.25, 0.3) is 0 Å². The first kappa shape index (κ1) is 11.7. The van der Waals surface area contributed by atoms with Crippen LogP contribution in [0.2, 0.25) is 0 Å². The molecule has 1 unspecified atom stereocenters. The molecule has 4 nitrogen and oxygen atoms in total. The van der Waals surface area contributed by atoms with Gasteiger partial charge in [0.2, 0.25) is 0 Å². The second kappa shape index (κ2) is 5.10. The fourth-order valence-corrected chi connectivity index (χ4v) is 2.08. The highest BCUT2D eigenvalue weighted by atomic mass is 16.5. The maximum absolute atomic E-state index is 10.5. The van der Waals surface area contributed by atoms with Crippen molar-refractivity contribution >= 4 is 6.29 Å². The Kier molecular flexibility index (Phi) is 3.14. The zero-order valence-electron chi connectivity index (χ0n) is 10.3. The Labute approximate surface area is 111 Å². The number of aldehydes is 1. The number of carbonyl (C=O) groups excluding carboxylic acids is 1. The number of rotatable bonds is 4. The number of aromatic nitrogens is 1. The van der Waals surface area contributed by atoms with Gasteiger partial charge in [-0.15, -0.1) is 0 Å². The number of ether oxygens (including phenoxy) is 2. The van der Waals surface area contributed by atoms with Crippen LogP contribution < -0.4 is 9.47 Å². The number of fused-ring (bicyclic) bond motifs is 1. The van der Waals surface area contributed by atoms with Crippen LogP contribution in [0.15, 0.2) is 42.6 Å². The fraction of sp³-hybridized carbons (Fsp3) is 0.200. The van der Waals surface area contributed by atoms with Crippen LogP contribution in [0.25, 0.3) is 0 Å². The van der Waals surface area contributed by atoms with Crippen LogP contribution in [-0.4, -0.2) is 24.0 Å². The Morgan fingerprint density at radius 3 is 2.95 bits per heavy atom. The van der Waals surface area contributed by atoms with Gasteiger partial charge in [0.15, 0.2) is 6.29 Å². The number of nitrogens with zero attached hydrogens (tertiary/aromatic N) is 1. The summed E-state index contributed by atoms with van der Waals surface area (Å²) in [6.45, 7) is 0.469. The zero-order valence-corrected chi connectivity index (χ0v) is 10.3. The van der Waals surface area contributed by atoms with Gasteiger partial charge in [-0.05, 0) is 23.8 Å². The van der Waals surface area contributed by atoms with E-state index >= 15 is 0 Å². The van der Waals surface area contributed by atoms with Crippen LogP contribution in [0.5, 0.6) is 11.5 Å². The molecule has 0 bridgehead atoms. The molecule has 0 radical (unpaired) electrons. The first-order valence-corrected chi connectivity index (χ1v) is 6.14. The van der Waals surface area contributed by atoms with E-state index in [0.29, 0.717) is 24.3 Å². The predicted molar refractivity (Wildman–Crippen MR) is 69.7 cm³/mol. The molecule has 1 aromatic heterocycles. The standard InChI is InChI=1S/C15H13NO3/c17-9-12-5-6-13(8-16-12)18-10-14-7-11-3-1-2-4-15(11)19-14/h1-6,8-9,14H,7,10H2. The summed E-state index contributed by atoms with van der Waals surface area (Å²) in [5.41, 5.74) is 1.61. The molecule has 0 saturated heterocycles. The molecule has 2 heterocycles. The lowest BCUT2D eigenvalue weighted by molar-refractivity contribution is 0.111. The van der Waals surface area contributed by atoms with Crippen molar-refractivity contribution in [2.45, 2.75) is 12.5 Å². The van der Waals surface area contributed by atoms with E-state index in [-0.39, 0.29) is 6.10 Å². The number of para-hydroxylation sites is 1. The Morgan fingerprint density at radius 2 is 2.21 bits per heavy atom. The second-order valence-electron chi connectivity index (χ2n) is 4.40. The molecule has 1 atom stereocenters. The van der Waals surface area contributed by atoms with Crippen LogP contribution in [0.3, 0.4) is 0 Å². The van der Waals surface area contributed by atoms with Gasteiger partial charge >= 0.3 is 0 Å². The fourth-order valence-electron chi connectivity index (χ4n) is 2.08. The quantitative estimate of drug-likeness (QED) is 0.786. The molecule has 0 spiro atoms. The third kappa shape index (κ3) is 2.57. The highest BCUT2D eigenvalue weighted by molar-refractivity contribution is 5.71. The summed E-state index contributed by atoms with van der Waals surface area (Å²) in [6, 6.07) is 11.4. The third-order valence-electron chi connectivity index (χ3n) is 3.03. The highest BCUT2D eigenvalue weighted by Crippen LogP contribution is 2.28. The summed E-state index contributed by atoms with van der Waals surface area (Å²) < 4.78 is 11.4. The first-order chi connectivity index (χ1) is 9.35. The first-order valence-electron chi connectivity index (χ1n) is 6.14. The minimum atomic E-state index is 0.0307. The SMILES string of the molecule is O=Cc1ccc(OCC2Cc3ccccc3O2)cn1. The molecule has 96 valence electrons. The normalized spacial score (nSPS) is 16.5. The van der Waals surface area contributed by atoms with Crippen molar-refractivity contribution in [3.05, 3.63) is 53.9 Å². The van der Waals surface area contributed by atoms with Gasteiger partial charge in [0, 0.05) is 6.42 Å². The Hall–Kier alpha value is -2.36. The molecule has 0 aliphatic carbocycles. The lowest BCUT2D eigenvalue weighted by Crippen LogP contribution is -2.22. The largest absolute Gasteiger partial charge is 0.488 e. The number of hydrogen-bond acceptors (Lipinski definition) is 4. The summed E-state index contributed by atoms with van der Waals surface area (Å²) in [5, 5.41) is 0. The van der Waals surface area contributed by atoms with Gasteiger partial charge < -0.3 is 9.47 Å². The third-order valence-corrected chi connectivity index (χ3v) is 3.03. The van der Waals surface area contributed by atoms with Crippen molar-refractivity contribution in [2.75, 3.05) is 6.61 Å². The van der Waals surface area contributed by atoms with E-state index in [0.717, 1.165) is 12.2 Å². The maximum Gasteiger partial charge on any atom is 0.168 e. The van der Waals surface area contributed by atoms with Crippen molar-refractivity contribution in [2.24, 2.45) is 0 Å². The topological polar surface area (TPSA) is 48.4 Å². The lowest BCUT2D eigenvalue weighted by Gasteiger charge is -2.12. The molecule has 2 aromatic rings. The minimum absolute atomic E-state index is 0.0307. The maximum atomic E-state index is 10.5. The van der Waals surface area contributed by atoms with Crippen LogP contribution >= 0.6 is 0 Å². The molecule has 4 heteroatoms. The average Bonchev–Trinajstić information content (AvgIpc) is 2.88. The molecule has 19 heavy (non-hydrogen) atoms. The van der Waals surface area contributed by atoms with Crippen molar-refractivity contribution in [1.82, 2.24) is 4.98 Å². The monoisotopic (exact) mass is 255 g/mol. The van der Waals surface area contributed by atoms with Crippen molar-refractivity contribution in [1.29, 1.82) is 0 Å². The summed E-state index contributed by atoms with van der Waals surface area (Å²) >= 11 is 0. The molecule has 0 fully saturated rings. The van der Waals surface area contributed by atoms with Crippen molar-refractivity contribution in [3.8, 4) is 11.5 Å². The molecule has 1 aliphatic heterocycles. The van der Waals surface area contributed by atoms with Crippen LogP contribution in [0, 0.1) is 0 Å². The minimum Gasteiger partial charge on any atom is -0.488 e. The molecule has 1 aromatic carbocycles. The van der Waals surface area contributed by atoms with E-state index in [1.54, 1.807) is 18.3 Å². The second-order valence-corrected chi connectivity index (χ2v) is 4.40. The number of carbonyl (C=O) groups is 1. The van der Waals surface area contributed by atoms with E-state index in [2.05, 4.69) is 11.1 Å². The molecule has 0 amide bonds. The Balaban J connectivity index is 1.58. The molecule has 0 N–H and O–H groups in total. The summed E-state index contributed by atoms with van der Waals surface area (Å²) in [5.74, 6) is 1.58. The van der Waals surface area contributed by atoms with Crippen molar-refractivity contribution < 1.29 is 14.3 Å². The van der Waals surface area contributed by atoms with Crippen molar-refractivity contribution in [3.63, 3.8) is 0 Å². The Morgan fingerprint density at radius 1 is 1.32 bits per heavy atom. The number of benzene rings is 1. The summed E-state index contributed by atoms with van der Waals surface area (Å²) in [7, 11) is 0. The van der Waals surface area contributed by atoms with E-state index in [1.165, 1.54) is 5.56 Å². The molecule has 0 saturated carbocycles. The van der Waals surface area contributed by atoms with Gasteiger partial charge in [-0.3, -0.25) is 4.79 Å². The molecule has 1 aliphatic rings. The van der Waals surface area contributed by atoms with E-state index < -0.39 is 0 Å². The Bertz CT molecular complexity index is 555. The summed E-state index contributed by atoms with van der Waals surface area (Å²) in [4.78, 5) is 14.4. The smallest absolute Gasteiger partial charge is 0.168 e. The number of pyridine rings is 1. The van der Waals surface area contributed by atoms with Crippen LogP contribution in [0.4, 0.5) is 0 Å². The predicted octanol–water partition coefficient (Wildman–Crippen LogP) is 2.28. The highest BCUT2D eigenvalue weighted by Gasteiger charge is 2.22.